The zero-order chi connectivity index (χ0) is 15.6. The van der Waals surface area contributed by atoms with Gasteiger partial charge in [0.25, 0.3) is 0 Å². The Balaban J connectivity index is 1.31. The summed E-state index contributed by atoms with van der Waals surface area (Å²) in [6, 6.07) is 10.3. The molecule has 4 heteroatoms. The molecule has 1 aromatic carbocycles. The van der Waals surface area contributed by atoms with E-state index in [1.807, 2.05) is 35.3 Å². The van der Waals surface area contributed by atoms with Crippen molar-refractivity contribution in [3.63, 3.8) is 0 Å². The van der Waals surface area contributed by atoms with Gasteiger partial charge in [-0.05, 0) is 30.2 Å². The summed E-state index contributed by atoms with van der Waals surface area (Å²) >= 11 is 0. The van der Waals surface area contributed by atoms with Gasteiger partial charge in [-0.3, -0.25) is 9.48 Å². The van der Waals surface area contributed by atoms with E-state index >= 15 is 0 Å². The number of rotatable bonds is 5. The van der Waals surface area contributed by atoms with Crippen molar-refractivity contribution in [3.05, 3.63) is 66.0 Å². The highest BCUT2D eigenvalue weighted by Crippen LogP contribution is 2.43. The molecule has 0 radical (unpaired) electrons. The zero-order valence-electron chi connectivity index (χ0n) is 13.1. The van der Waals surface area contributed by atoms with Gasteiger partial charge in [-0.1, -0.05) is 42.5 Å². The highest BCUT2D eigenvalue weighted by molar-refractivity contribution is 5.79. The molecular formula is C19H21N3O. The molecular weight excluding hydrogens is 286 g/mol. The first-order valence-electron chi connectivity index (χ1n) is 8.29. The van der Waals surface area contributed by atoms with Crippen molar-refractivity contribution in [2.24, 2.45) is 17.8 Å². The standard InChI is InChI=1S/C19H21N3O/c23-19(18-9-15-6-7-17(18)8-15)20-10-16-11-21-22(13-16)12-14-4-2-1-3-5-14/h1-7,11,13,15,17-18H,8-10,12H2,(H,20,23)/t15-,17+,18-/m1/s1. The Hall–Kier alpha value is -2.36. The van der Waals surface area contributed by atoms with E-state index in [9.17, 15) is 4.79 Å². The van der Waals surface area contributed by atoms with E-state index < -0.39 is 0 Å². The number of benzene rings is 1. The number of hydrogen-bond acceptors (Lipinski definition) is 2. The maximum atomic E-state index is 12.3. The van der Waals surface area contributed by atoms with Crippen LogP contribution >= 0.6 is 0 Å². The van der Waals surface area contributed by atoms with Crippen molar-refractivity contribution in [2.75, 3.05) is 0 Å². The fraction of sp³-hybridized carbons (Fsp3) is 0.368. The summed E-state index contributed by atoms with van der Waals surface area (Å²) in [5, 5.41) is 7.46. The minimum atomic E-state index is 0.171. The molecule has 1 N–H and O–H groups in total. The highest BCUT2D eigenvalue weighted by Gasteiger charge is 2.39. The molecule has 1 saturated carbocycles. The number of hydrogen-bond donors (Lipinski definition) is 1. The van der Waals surface area contributed by atoms with E-state index in [2.05, 4.69) is 34.7 Å². The fourth-order valence-corrected chi connectivity index (χ4v) is 3.76. The van der Waals surface area contributed by atoms with Gasteiger partial charge in [-0.25, -0.2) is 0 Å². The molecule has 3 atom stereocenters. The van der Waals surface area contributed by atoms with Crippen LogP contribution in [0.4, 0.5) is 0 Å². The lowest BCUT2D eigenvalue weighted by molar-refractivity contribution is -0.125. The van der Waals surface area contributed by atoms with Crippen LogP contribution in [-0.4, -0.2) is 15.7 Å². The quantitative estimate of drug-likeness (QED) is 0.863. The second-order valence-electron chi connectivity index (χ2n) is 6.64. The van der Waals surface area contributed by atoms with Gasteiger partial charge < -0.3 is 5.32 Å². The molecule has 0 saturated heterocycles. The molecule has 1 fully saturated rings. The number of aromatic nitrogens is 2. The number of carbonyl (C=O) groups is 1. The highest BCUT2D eigenvalue weighted by atomic mass is 16.1. The second kappa shape index (κ2) is 6.03. The van der Waals surface area contributed by atoms with Gasteiger partial charge in [0, 0.05) is 24.2 Å². The number of amides is 1. The second-order valence-corrected chi connectivity index (χ2v) is 6.64. The van der Waals surface area contributed by atoms with Crippen LogP contribution in [0.1, 0.15) is 24.0 Å². The van der Waals surface area contributed by atoms with Gasteiger partial charge in [-0.2, -0.15) is 5.10 Å². The lowest BCUT2D eigenvalue weighted by atomic mass is 9.93. The van der Waals surface area contributed by atoms with Crippen molar-refractivity contribution in [1.82, 2.24) is 15.1 Å². The molecule has 2 aliphatic carbocycles. The van der Waals surface area contributed by atoms with E-state index in [1.165, 1.54) is 5.56 Å². The molecule has 1 heterocycles. The van der Waals surface area contributed by atoms with Gasteiger partial charge in [-0.15, -0.1) is 0 Å². The maximum Gasteiger partial charge on any atom is 0.223 e. The van der Waals surface area contributed by atoms with Gasteiger partial charge in [0.2, 0.25) is 5.91 Å². The van der Waals surface area contributed by atoms with Crippen molar-refractivity contribution in [3.8, 4) is 0 Å². The molecule has 0 spiro atoms. The Morgan fingerprint density at radius 1 is 1.17 bits per heavy atom. The van der Waals surface area contributed by atoms with Crippen LogP contribution in [-0.2, 0) is 17.9 Å². The van der Waals surface area contributed by atoms with Crippen LogP contribution in [0.15, 0.2) is 54.9 Å². The van der Waals surface area contributed by atoms with E-state index in [4.69, 9.17) is 0 Å². The van der Waals surface area contributed by atoms with E-state index in [0.29, 0.717) is 18.4 Å². The van der Waals surface area contributed by atoms with Crippen molar-refractivity contribution < 1.29 is 4.79 Å². The molecule has 2 aliphatic rings. The van der Waals surface area contributed by atoms with Crippen LogP contribution in [0.3, 0.4) is 0 Å². The van der Waals surface area contributed by atoms with Crippen LogP contribution in [0.25, 0.3) is 0 Å². The van der Waals surface area contributed by atoms with Crippen molar-refractivity contribution >= 4 is 5.91 Å². The Labute approximate surface area is 136 Å². The first kappa shape index (κ1) is 14.2. The molecule has 1 amide bonds. The van der Waals surface area contributed by atoms with Crippen LogP contribution in [0.5, 0.6) is 0 Å². The summed E-state index contributed by atoms with van der Waals surface area (Å²) in [6.07, 6.45) is 10.5. The summed E-state index contributed by atoms with van der Waals surface area (Å²) in [4.78, 5) is 12.3. The van der Waals surface area contributed by atoms with E-state index in [-0.39, 0.29) is 11.8 Å². The van der Waals surface area contributed by atoms with Gasteiger partial charge in [0.15, 0.2) is 0 Å². The molecule has 2 bridgehead atoms. The third kappa shape index (κ3) is 3.07. The average molecular weight is 307 g/mol. The lowest BCUT2D eigenvalue weighted by Gasteiger charge is -2.17. The number of fused-ring (bicyclic) bond motifs is 2. The van der Waals surface area contributed by atoms with Crippen molar-refractivity contribution in [1.29, 1.82) is 0 Å². The topological polar surface area (TPSA) is 46.9 Å². The predicted octanol–water partition coefficient (Wildman–Crippen LogP) is 2.76. The predicted molar refractivity (Wildman–Crippen MR) is 88.5 cm³/mol. The maximum absolute atomic E-state index is 12.3. The zero-order valence-corrected chi connectivity index (χ0v) is 13.1. The summed E-state index contributed by atoms with van der Waals surface area (Å²) in [7, 11) is 0. The summed E-state index contributed by atoms with van der Waals surface area (Å²) in [5.74, 6) is 1.45. The third-order valence-corrected chi connectivity index (χ3v) is 4.96. The normalized spacial score (nSPS) is 25.0. The largest absolute Gasteiger partial charge is 0.352 e. The summed E-state index contributed by atoms with van der Waals surface area (Å²) in [6.45, 7) is 1.32. The molecule has 0 unspecified atom stereocenters. The molecule has 2 aromatic rings. The number of carbonyl (C=O) groups excluding carboxylic acids is 1. The number of nitrogens with one attached hydrogen (secondary N) is 1. The Kier molecular flexibility index (Phi) is 3.74. The molecule has 1 aromatic heterocycles. The summed E-state index contributed by atoms with van der Waals surface area (Å²) < 4.78 is 1.91. The molecule has 4 rings (SSSR count). The van der Waals surface area contributed by atoms with Crippen molar-refractivity contribution in [2.45, 2.75) is 25.9 Å². The minimum absolute atomic E-state index is 0.171. The van der Waals surface area contributed by atoms with E-state index in [0.717, 1.165) is 24.9 Å². The fourth-order valence-electron chi connectivity index (χ4n) is 3.76. The minimum Gasteiger partial charge on any atom is -0.352 e. The monoisotopic (exact) mass is 307 g/mol. The van der Waals surface area contributed by atoms with E-state index in [1.54, 1.807) is 0 Å². The SMILES string of the molecule is O=C(NCc1cnn(Cc2ccccc2)c1)[C@@H]1C[C@@H]2C=C[C@H]1C2. The molecule has 118 valence electrons. The van der Waals surface area contributed by atoms with Crippen LogP contribution < -0.4 is 5.32 Å². The van der Waals surface area contributed by atoms with Crippen LogP contribution in [0, 0.1) is 17.8 Å². The average Bonchev–Trinajstić information content (AvgIpc) is 3.30. The Morgan fingerprint density at radius 3 is 2.78 bits per heavy atom. The first-order valence-corrected chi connectivity index (χ1v) is 8.29. The van der Waals surface area contributed by atoms with Gasteiger partial charge in [0.05, 0.1) is 12.7 Å². The first-order chi connectivity index (χ1) is 11.3. The lowest BCUT2D eigenvalue weighted by Crippen LogP contribution is -2.32. The van der Waals surface area contributed by atoms with Crippen LogP contribution in [0.2, 0.25) is 0 Å². The number of nitrogens with zero attached hydrogens (tertiary/aromatic N) is 2. The smallest absolute Gasteiger partial charge is 0.223 e. The summed E-state index contributed by atoms with van der Waals surface area (Å²) in [5.41, 5.74) is 2.27. The molecule has 4 nitrogen and oxygen atoms in total. The van der Waals surface area contributed by atoms with Gasteiger partial charge in [0.1, 0.15) is 0 Å². The number of allylic oxidation sites excluding steroid dienone is 2. The Morgan fingerprint density at radius 2 is 2.04 bits per heavy atom. The molecule has 0 aliphatic heterocycles. The van der Waals surface area contributed by atoms with Gasteiger partial charge >= 0.3 is 0 Å². The molecule has 23 heavy (non-hydrogen) atoms. The third-order valence-electron chi connectivity index (χ3n) is 4.96. The Bertz CT molecular complexity index is 719.